The first-order chi connectivity index (χ1) is 9.77. The summed E-state index contributed by atoms with van der Waals surface area (Å²) in [5, 5.41) is 11.9. The van der Waals surface area contributed by atoms with E-state index in [2.05, 4.69) is 5.32 Å². The normalized spacial score (nSPS) is 11.2. The van der Waals surface area contributed by atoms with Gasteiger partial charge in [0.05, 0.1) is 16.8 Å². The highest BCUT2D eigenvalue weighted by Gasteiger charge is 2.31. The maximum atomic E-state index is 12.6. The molecular weight excluding hydrogens is 283 g/mol. The summed E-state index contributed by atoms with van der Waals surface area (Å²) >= 11 is 0. The van der Waals surface area contributed by atoms with Crippen LogP contribution in [0, 0.1) is 6.92 Å². The first-order valence-electron chi connectivity index (χ1n) is 6.05. The van der Waals surface area contributed by atoms with Crippen molar-refractivity contribution in [3.63, 3.8) is 0 Å². The molecule has 0 aliphatic carbocycles. The average molecular weight is 295 g/mol. The molecule has 0 saturated carbocycles. The van der Waals surface area contributed by atoms with Gasteiger partial charge in [-0.15, -0.1) is 0 Å². The van der Waals surface area contributed by atoms with Crippen LogP contribution in [-0.4, -0.2) is 11.1 Å². The van der Waals surface area contributed by atoms with Crippen LogP contribution < -0.4 is 5.32 Å². The number of hydrogen-bond donors (Lipinski definition) is 2. The van der Waals surface area contributed by atoms with E-state index in [1.54, 1.807) is 18.2 Å². The summed E-state index contributed by atoms with van der Waals surface area (Å²) in [5.74, 6) is -1.42. The summed E-state index contributed by atoms with van der Waals surface area (Å²) in [5.41, 5.74) is 0.253. The van der Waals surface area contributed by atoms with Crippen LogP contribution in [-0.2, 0) is 6.18 Å². The predicted molar refractivity (Wildman–Crippen MR) is 72.9 cm³/mol. The highest BCUT2D eigenvalue weighted by molar-refractivity contribution is 5.95. The maximum absolute atomic E-state index is 12.6. The van der Waals surface area contributed by atoms with Gasteiger partial charge in [0.15, 0.2) is 0 Å². The third kappa shape index (κ3) is 3.53. The molecular formula is C15H12F3NO2. The standard InChI is InChI=1S/C15H12F3NO2/c1-9-3-2-4-11(7-9)19-13-6-5-10(15(16,17)18)8-12(13)14(20)21/h2-8,19H,1H3,(H,20,21). The first kappa shape index (κ1) is 14.9. The molecule has 2 N–H and O–H groups in total. The number of carbonyl (C=O) groups is 1. The lowest BCUT2D eigenvalue weighted by molar-refractivity contribution is -0.137. The molecule has 0 fully saturated rings. The molecule has 0 radical (unpaired) electrons. The minimum absolute atomic E-state index is 0.112. The Morgan fingerprint density at radius 3 is 2.43 bits per heavy atom. The second kappa shape index (κ2) is 5.47. The van der Waals surface area contributed by atoms with Crippen LogP contribution in [0.5, 0.6) is 0 Å². The van der Waals surface area contributed by atoms with Crippen molar-refractivity contribution in [1.82, 2.24) is 0 Å². The topological polar surface area (TPSA) is 49.3 Å². The number of benzene rings is 2. The summed E-state index contributed by atoms with van der Waals surface area (Å²) in [6.07, 6.45) is -4.58. The van der Waals surface area contributed by atoms with Gasteiger partial charge in [-0.2, -0.15) is 13.2 Å². The Bertz CT molecular complexity index is 681. The molecule has 3 nitrogen and oxygen atoms in total. The van der Waals surface area contributed by atoms with Crippen LogP contribution in [0.1, 0.15) is 21.5 Å². The van der Waals surface area contributed by atoms with Crippen molar-refractivity contribution in [2.45, 2.75) is 13.1 Å². The largest absolute Gasteiger partial charge is 0.478 e. The van der Waals surface area contributed by atoms with Gasteiger partial charge in [0.1, 0.15) is 0 Å². The van der Waals surface area contributed by atoms with Crippen molar-refractivity contribution in [2.75, 3.05) is 5.32 Å². The number of anilines is 2. The fourth-order valence-corrected chi connectivity index (χ4v) is 1.88. The first-order valence-corrected chi connectivity index (χ1v) is 6.05. The van der Waals surface area contributed by atoms with Gasteiger partial charge in [-0.3, -0.25) is 0 Å². The van der Waals surface area contributed by atoms with Gasteiger partial charge in [-0.05, 0) is 42.8 Å². The SMILES string of the molecule is Cc1cccc(Nc2ccc(C(F)(F)F)cc2C(=O)O)c1. The lowest BCUT2D eigenvalue weighted by Crippen LogP contribution is -2.09. The van der Waals surface area contributed by atoms with Crippen molar-refractivity contribution in [1.29, 1.82) is 0 Å². The molecule has 0 spiro atoms. The van der Waals surface area contributed by atoms with Crippen LogP contribution in [0.15, 0.2) is 42.5 Å². The molecule has 6 heteroatoms. The van der Waals surface area contributed by atoms with Gasteiger partial charge in [-0.1, -0.05) is 12.1 Å². The third-order valence-electron chi connectivity index (χ3n) is 2.87. The molecule has 2 aromatic rings. The lowest BCUT2D eigenvalue weighted by Gasteiger charge is -2.13. The minimum Gasteiger partial charge on any atom is -0.478 e. The predicted octanol–water partition coefficient (Wildman–Crippen LogP) is 4.46. The number of alkyl halides is 3. The van der Waals surface area contributed by atoms with Gasteiger partial charge in [0.25, 0.3) is 0 Å². The molecule has 0 aliphatic rings. The molecule has 110 valence electrons. The second-order valence-corrected chi connectivity index (χ2v) is 4.56. The Balaban J connectivity index is 2.42. The van der Waals surface area contributed by atoms with Gasteiger partial charge >= 0.3 is 12.1 Å². The summed E-state index contributed by atoms with van der Waals surface area (Å²) in [6.45, 7) is 1.86. The number of aromatic carboxylic acids is 1. The molecule has 21 heavy (non-hydrogen) atoms. The zero-order valence-electron chi connectivity index (χ0n) is 11.0. The van der Waals surface area contributed by atoms with Crippen LogP contribution in [0.2, 0.25) is 0 Å². The highest BCUT2D eigenvalue weighted by atomic mass is 19.4. The number of nitrogens with one attached hydrogen (secondary N) is 1. The van der Waals surface area contributed by atoms with E-state index < -0.39 is 23.3 Å². The van der Waals surface area contributed by atoms with Crippen LogP contribution in [0.3, 0.4) is 0 Å². The van der Waals surface area contributed by atoms with Crippen LogP contribution >= 0.6 is 0 Å². The average Bonchev–Trinajstić information content (AvgIpc) is 2.37. The van der Waals surface area contributed by atoms with Crippen molar-refractivity contribution in [3.05, 3.63) is 59.2 Å². The van der Waals surface area contributed by atoms with E-state index in [4.69, 9.17) is 5.11 Å². The fraction of sp³-hybridized carbons (Fsp3) is 0.133. The number of aryl methyl sites for hydroxylation is 1. The number of halogens is 3. The molecule has 0 unspecified atom stereocenters. The molecule has 0 amide bonds. The molecule has 0 aliphatic heterocycles. The molecule has 0 atom stereocenters. The fourth-order valence-electron chi connectivity index (χ4n) is 1.88. The van der Waals surface area contributed by atoms with E-state index in [9.17, 15) is 18.0 Å². The molecule has 0 heterocycles. The Morgan fingerprint density at radius 1 is 1.14 bits per heavy atom. The smallest absolute Gasteiger partial charge is 0.416 e. The molecule has 0 aromatic heterocycles. The van der Waals surface area contributed by atoms with Crippen molar-refractivity contribution < 1.29 is 23.1 Å². The van der Waals surface area contributed by atoms with Gasteiger partial charge in [-0.25, -0.2) is 4.79 Å². The number of hydrogen-bond acceptors (Lipinski definition) is 2. The second-order valence-electron chi connectivity index (χ2n) is 4.56. The maximum Gasteiger partial charge on any atom is 0.416 e. The third-order valence-corrected chi connectivity index (χ3v) is 2.87. The minimum atomic E-state index is -4.58. The van der Waals surface area contributed by atoms with Crippen molar-refractivity contribution in [2.24, 2.45) is 0 Å². The quantitative estimate of drug-likeness (QED) is 0.879. The molecule has 2 rings (SSSR count). The molecule has 2 aromatic carbocycles. The van der Waals surface area contributed by atoms with Gasteiger partial charge in [0, 0.05) is 5.69 Å². The van der Waals surface area contributed by atoms with E-state index >= 15 is 0 Å². The van der Waals surface area contributed by atoms with Gasteiger partial charge in [0.2, 0.25) is 0 Å². The Hall–Kier alpha value is -2.50. The van der Waals surface area contributed by atoms with E-state index in [1.807, 2.05) is 13.0 Å². The van der Waals surface area contributed by atoms with Crippen LogP contribution in [0.4, 0.5) is 24.5 Å². The lowest BCUT2D eigenvalue weighted by atomic mass is 10.1. The van der Waals surface area contributed by atoms with E-state index in [1.165, 1.54) is 0 Å². The monoisotopic (exact) mass is 295 g/mol. The van der Waals surface area contributed by atoms with Gasteiger partial charge < -0.3 is 10.4 Å². The van der Waals surface area contributed by atoms with E-state index in [0.29, 0.717) is 11.8 Å². The Morgan fingerprint density at radius 2 is 1.86 bits per heavy atom. The molecule has 0 saturated heterocycles. The zero-order valence-corrected chi connectivity index (χ0v) is 11.0. The van der Waals surface area contributed by atoms with Crippen LogP contribution in [0.25, 0.3) is 0 Å². The zero-order chi connectivity index (χ0) is 15.6. The van der Waals surface area contributed by atoms with E-state index in [-0.39, 0.29) is 5.69 Å². The number of carboxylic acid groups (broad SMARTS) is 1. The summed E-state index contributed by atoms with van der Waals surface area (Å²) in [6, 6.07) is 9.69. The summed E-state index contributed by atoms with van der Waals surface area (Å²) in [4.78, 5) is 11.2. The number of rotatable bonds is 3. The molecule has 0 bridgehead atoms. The summed E-state index contributed by atoms with van der Waals surface area (Å²) < 4.78 is 37.9. The highest BCUT2D eigenvalue weighted by Crippen LogP contribution is 2.32. The summed E-state index contributed by atoms with van der Waals surface area (Å²) in [7, 11) is 0. The number of carboxylic acids is 1. The Kier molecular flexibility index (Phi) is 3.88. The Labute approximate surface area is 119 Å². The van der Waals surface area contributed by atoms with E-state index in [0.717, 1.165) is 17.7 Å². The van der Waals surface area contributed by atoms with Crippen molar-refractivity contribution >= 4 is 17.3 Å². The van der Waals surface area contributed by atoms with Crippen molar-refractivity contribution in [3.8, 4) is 0 Å².